The molecule has 7 heteroatoms. The smallest absolute Gasteiger partial charge is 0.213 e. The summed E-state index contributed by atoms with van der Waals surface area (Å²) in [7, 11) is 0. The van der Waals surface area contributed by atoms with Crippen LogP contribution in [-0.4, -0.2) is 9.97 Å². The van der Waals surface area contributed by atoms with E-state index in [1.165, 1.54) is 28.6 Å². The van der Waals surface area contributed by atoms with E-state index in [0.29, 0.717) is 17.0 Å². The van der Waals surface area contributed by atoms with Gasteiger partial charge in [0.1, 0.15) is 17.0 Å². The van der Waals surface area contributed by atoms with E-state index in [-0.39, 0.29) is 5.02 Å². The number of para-hydroxylation sites is 1. The number of hydrogen-bond acceptors (Lipinski definition) is 3. The van der Waals surface area contributed by atoms with E-state index in [1.807, 2.05) is 30.3 Å². The summed E-state index contributed by atoms with van der Waals surface area (Å²) in [5, 5.41) is 4.65. The van der Waals surface area contributed by atoms with E-state index >= 15 is 0 Å². The highest BCUT2D eigenvalue weighted by Gasteiger charge is 2.27. The van der Waals surface area contributed by atoms with Gasteiger partial charge in [-0.1, -0.05) is 63.9 Å². The van der Waals surface area contributed by atoms with Crippen LogP contribution < -0.4 is 4.90 Å². The maximum Gasteiger partial charge on any atom is 0.213 e. The molecule has 7 aromatic rings. The first-order chi connectivity index (χ1) is 18.6. The number of benzene rings is 5. The number of aromatic nitrogens is 2. The zero-order valence-corrected chi connectivity index (χ0v) is 22.2. The van der Waals surface area contributed by atoms with Crippen molar-refractivity contribution in [2.75, 3.05) is 4.90 Å². The number of halogens is 3. The number of nitrogens with zero attached hydrogens (tertiary/aromatic N) is 2. The van der Waals surface area contributed by atoms with Gasteiger partial charge in [0.25, 0.3) is 0 Å². The monoisotopic (exact) mass is 581 g/mol. The molecule has 0 saturated carbocycles. The van der Waals surface area contributed by atoms with Crippen LogP contribution in [0.2, 0.25) is 5.02 Å². The highest BCUT2D eigenvalue weighted by Crippen LogP contribution is 2.48. The van der Waals surface area contributed by atoms with E-state index in [4.69, 9.17) is 21.0 Å². The van der Waals surface area contributed by atoms with E-state index in [2.05, 4.69) is 62.2 Å². The third kappa shape index (κ3) is 3.11. The third-order valence-corrected chi connectivity index (χ3v) is 8.45. The molecule has 1 N–H and O–H groups in total. The number of nitrogens with one attached hydrogen (secondary N) is 1. The van der Waals surface area contributed by atoms with E-state index in [0.717, 1.165) is 56.0 Å². The molecule has 8 rings (SSSR count). The number of fused-ring (bicyclic) bond motifs is 4. The van der Waals surface area contributed by atoms with Gasteiger partial charge in [-0.05, 0) is 65.8 Å². The number of anilines is 3. The van der Waals surface area contributed by atoms with Crippen LogP contribution in [0.5, 0.6) is 0 Å². The Balaban J connectivity index is 1.52. The van der Waals surface area contributed by atoms with Gasteiger partial charge in [0.2, 0.25) is 5.95 Å². The van der Waals surface area contributed by atoms with Gasteiger partial charge in [-0.15, -0.1) is 0 Å². The summed E-state index contributed by atoms with van der Waals surface area (Å²) >= 11 is 10.3. The van der Waals surface area contributed by atoms with Gasteiger partial charge in [0.15, 0.2) is 0 Å². The number of aryl methyl sites for hydroxylation is 2. The van der Waals surface area contributed by atoms with Crippen LogP contribution in [0.1, 0.15) is 11.1 Å². The lowest BCUT2D eigenvalue weighted by Gasteiger charge is -2.25. The molecule has 0 saturated heterocycles. The molecular weight excluding hydrogens is 565 g/mol. The molecule has 2 heterocycles. The van der Waals surface area contributed by atoms with Gasteiger partial charge >= 0.3 is 0 Å². The number of furan rings is 1. The summed E-state index contributed by atoms with van der Waals surface area (Å²) in [6, 6.07) is 25.4. The molecule has 0 radical (unpaired) electrons. The Bertz CT molecular complexity index is 2090. The zero-order chi connectivity index (χ0) is 25.5. The predicted molar refractivity (Wildman–Crippen MR) is 156 cm³/mol. The summed E-state index contributed by atoms with van der Waals surface area (Å²) in [6.45, 7) is 0. The lowest BCUT2D eigenvalue weighted by atomic mass is 10.0. The molecule has 0 fully saturated rings. The summed E-state index contributed by atoms with van der Waals surface area (Å²) < 4.78 is 21.5. The summed E-state index contributed by atoms with van der Waals surface area (Å²) in [5.41, 5.74) is 7.15. The van der Waals surface area contributed by atoms with Gasteiger partial charge in [0, 0.05) is 21.3 Å². The molecule has 38 heavy (non-hydrogen) atoms. The quantitative estimate of drug-likeness (QED) is 0.226. The van der Waals surface area contributed by atoms with Crippen molar-refractivity contribution >= 4 is 88.6 Å². The number of hydrogen-bond donors (Lipinski definition) is 1. The minimum Gasteiger partial charge on any atom is -0.456 e. The highest BCUT2D eigenvalue weighted by molar-refractivity contribution is 9.10. The van der Waals surface area contributed by atoms with Crippen LogP contribution in [-0.2, 0) is 12.8 Å². The molecule has 1 aliphatic rings. The first-order valence-corrected chi connectivity index (χ1v) is 13.5. The van der Waals surface area contributed by atoms with Gasteiger partial charge in [-0.25, -0.2) is 9.37 Å². The average molecular weight is 583 g/mol. The van der Waals surface area contributed by atoms with Gasteiger partial charge in [-0.2, -0.15) is 0 Å². The molecule has 2 aromatic heterocycles. The van der Waals surface area contributed by atoms with Crippen molar-refractivity contribution in [3.05, 3.63) is 105 Å². The fourth-order valence-electron chi connectivity index (χ4n) is 5.89. The standard InChI is InChI=1S/C31H18BrClFN3O/c32-20-12-10-16-8-9-17-11-13-24(29(20)27(16)17)37(31-35-22-15-18(34)14-21(33)30(22)36-31)23-5-3-7-26-28(23)19-4-1-2-6-25(19)38-26/h1-7,10-15H,8-9H2,(H,35,36). The normalized spacial score (nSPS) is 12.9. The van der Waals surface area contributed by atoms with Crippen LogP contribution in [0.15, 0.2) is 87.8 Å². The fraction of sp³-hybridized carbons (Fsp3) is 0.0645. The maximum atomic E-state index is 14.3. The molecule has 0 unspecified atom stereocenters. The van der Waals surface area contributed by atoms with Crippen molar-refractivity contribution < 1.29 is 8.81 Å². The molecule has 1 aliphatic carbocycles. The van der Waals surface area contributed by atoms with Crippen molar-refractivity contribution in [2.24, 2.45) is 0 Å². The topological polar surface area (TPSA) is 45.1 Å². The van der Waals surface area contributed by atoms with Crippen LogP contribution in [0.3, 0.4) is 0 Å². The number of imidazole rings is 1. The maximum absolute atomic E-state index is 14.3. The zero-order valence-electron chi connectivity index (χ0n) is 19.9. The Kier molecular flexibility index (Phi) is 4.70. The Hall–Kier alpha value is -3.87. The summed E-state index contributed by atoms with van der Waals surface area (Å²) in [6.07, 6.45) is 2.04. The van der Waals surface area contributed by atoms with Gasteiger partial charge in [0.05, 0.1) is 32.8 Å². The minimum atomic E-state index is -0.428. The van der Waals surface area contributed by atoms with Crippen molar-refractivity contribution in [1.82, 2.24) is 9.97 Å². The molecule has 0 bridgehead atoms. The average Bonchev–Trinajstić information content (AvgIpc) is 3.62. The van der Waals surface area contributed by atoms with Crippen molar-refractivity contribution in [1.29, 1.82) is 0 Å². The SMILES string of the molecule is Fc1cc(Cl)c2[nH]c(N(c3ccc4c5c(ccc(Br)c35)CC4)c3cccc4oc5ccccc5c34)nc2c1. The van der Waals surface area contributed by atoms with E-state index in [9.17, 15) is 4.39 Å². The second kappa shape index (κ2) is 8.06. The van der Waals surface area contributed by atoms with Gasteiger partial charge < -0.3 is 9.40 Å². The fourth-order valence-corrected chi connectivity index (χ4v) is 6.67. The lowest BCUT2D eigenvalue weighted by molar-refractivity contribution is 0.629. The second-order valence-electron chi connectivity index (χ2n) is 9.63. The molecule has 0 amide bonds. The Labute approximate surface area is 229 Å². The van der Waals surface area contributed by atoms with E-state index < -0.39 is 5.82 Å². The Morgan fingerprint density at radius 1 is 0.842 bits per heavy atom. The first kappa shape index (κ1) is 22.1. The number of rotatable bonds is 3. The number of H-pyrrole nitrogens is 1. The lowest BCUT2D eigenvalue weighted by Crippen LogP contribution is -2.13. The molecular formula is C31H18BrClFN3O. The van der Waals surface area contributed by atoms with Crippen molar-refractivity contribution in [3.63, 3.8) is 0 Å². The molecule has 0 aliphatic heterocycles. The van der Waals surface area contributed by atoms with Crippen LogP contribution in [0, 0.1) is 5.82 Å². The predicted octanol–water partition coefficient (Wildman–Crippen LogP) is 9.74. The largest absolute Gasteiger partial charge is 0.456 e. The Morgan fingerprint density at radius 2 is 1.61 bits per heavy atom. The van der Waals surface area contributed by atoms with Crippen LogP contribution in [0.4, 0.5) is 21.7 Å². The second-order valence-corrected chi connectivity index (χ2v) is 10.9. The summed E-state index contributed by atoms with van der Waals surface area (Å²) in [4.78, 5) is 10.3. The molecule has 184 valence electrons. The molecule has 0 atom stereocenters. The minimum absolute atomic E-state index is 0.284. The van der Waals surface area contributed by atoms with Crippen molar-refractivity contribution in [2.45, 2.75) is 12.8 Å². The first-order valence-electron chi connectivity index (χ1n) is 12.3. The van der Waals surface area contributed by atoms with Crippen molar-refractivity contribution in [3.8, 4) is 0 Å². The molecule has 5 aromatic carbocycles. The summed E-state index contributed by atoms with van der Waals surface area (Å²) in [5.74, 6) is 0.110. The Morgan fingerprint density at radius 3 is 2.47 bits per heavy atom. The molecule has 0 spiro atoms. The number of aromatic amines is 1. The van der Waals surface area contributed by atoms with Crippen LogP contribution in [0.25, 0.3) is 43.7 Å². The van der Waals surface area contributed by atoms with Crippen LogP contribution >= 0.6 is 27.5 Å². The molecule has 4 nitrogen and oxygen atoms in total. The van der Waals surface area contributed by atoms with E-state index in [1.54, 1.807) is 0 Å². The van der Waals surface area contributed by atoms with Gasteiger partial charge in [-0.3, -0.25) is 4.90 Å². The highest BCUT2D eigenvalue weighted by atomic mass is 79.9. The third-order valence-electron chi connectivity index (χ3n) is 7.50.